The minimum atomic E-state index is -0.342. The molecule has 0 aliphatic carbocycles. The zero-order valence-corrected chi connectivity index (χ0v) is 10.7. The number of aliphatic hydroxyl groups is 1. The van der Waals surface area contributed by atoms with Crippen LogP contribution in [0.5, 0.6) is 0 Å². The maximum atomic E-state index is 11.3. The highest BCUT2D eigenvalue weighted by Crippen LogP contribution is 2.01. The van der Waals surface area contributed by atoms with Crippen LogP contribution in [-0.2, 0) is 14.3 Å². The van der Waals surface area contributed by atoms with Crippen molar-refractivity contribution in [2.45, 2.75) is 26.2 Å². The Kier molecular flexibility index (Phi) is 9.50. The van der Waals surface area contributed by atoms with E-state index in [0.29, 0.717) is 25.0 Å². The van der Waals surface area contributed by atoms with E-state index in [2.05, 4.69) is 6.58 Å². The number of aliphatic hydroxyl groups excluding tert-OH is 1. The Morgan fingerprint density at radius 3 is 2.61 bits per heavy atom. The lowest BCUT2D eigenvalue weighted by molar-refractivity contribution is -0.142. The molecule has 100 valence electrons. The smallest absolute Gasteiger partial charge is 0.309 e. The Bertz CT molecular complexity index is 340. The second-order valence-corrected chi connectivity index (χ2v) is 3.67. The third-order valence-electron chi connectivity index (χ3n) is 2.10. The topological polar surface area (TPSA) is 63.6 Å². The molecule has 0 saturated carbocycles. The summed E-state index contributed by atoms with van der Waals surface area (Å²) in [7, 11) is 0. The standard InChI is InChI=1S/C14H20O4/c1-3-7-13(12(2)16)8-6-9-14(17)18-11-5-4-10-15/h3,6-8,15H,1,4-5,9-11H2,2H3/b8-6-,13-7+. The monoisotopic (exact) mass is 252 g/mol. The van der Waals surface area contributed by atoms with Gasteiger partial charge in [0.2, 0.25) is 0 Å². The number of carbonyl (C=O) groups is 2. The SMILES string of the molecule is C=C/C=C(\C=C/CC(=O)OCCCCO)C(C)=O. The van der Waals surface area contributed by atoms with Crippen LogP contribution in [-0.4, -0.2) is 30.1 Å². The fraction of sp³-hybridized carbons (Fsp3) is 0.429. The van der Waals surface area contributed by atoms with E-state index in [1.54, 1.807) is 18.2 Å². The van der Waals surface area contributed by atoms with Crippen molar-refractivity contribution in [2.24, 2.45) is 0 Å². The van der Waals surface area contributed by atoms with Gasteiger partial charge in [-0.2, -0.15) is 0 Å². The maximum absolute atomic E-state index is 11.3. The molecule has 4 nitrogen and oxygen atoms in total. The molecule has 4 heteroatoms. The molecule has 0 heterocycles. The van der Waals surface area contributed by atoms with Crippen molar-refractivity contribution in [2.75, 3.05) is 13.2 Å². The summed E-state index contributed by atoms with van der Waals surface area (Å²) in [6.45, 7) is 5.38. The number of unbranched alkanes of at least 4 members (excludes halogenated alkanes) is 1. The molecule has 0 aromatic rings. The van der Waals surface area contributed by atoms with E-state index >= 15 is 0 Å². The number of hydrogen-bond donors (Lipinski definition) is 1. The van der Waals surface area contributed by atoms with E-state index in [1.807, 2.05) is 0 Å². The molecule has 0 saturated heterocycles. The Balaban J connectivity index is 3.99. The summed E-state index contributed by atoms with van der Waals surface area (Å²) in [5.41, 5.74) is 0.498. The summed E-state index contributed by atoms with van der Waals surface area (Å²) >= 11 is 0. The van der Waals surface area contributed by atoms with Crippen molar-refractivity contribution in [1.29, 1.82) is 0 Å². The summed E-state index contributed by atoms with van der Waals surface area (Å²) < 4.78 is 4.92. The normalized spacial score (nSPS) is 11.6. The molecule has 0 atom stereocenters. The molecule has 0 aromatic heterocycles. The number of Topliss-reactive ketones (excluding diaryl/α,β-unsaturated/α-hetero) is 1. The van der Waals surface area contributed by atoms with Crippen LogP contribution in [0.2, 0.25) is 0 Å². The Labute approximate surface area is 108 Å². The van der Waals surface area contributed by atoms with E-state index < -0.39 is 0 Å². The van der Waals surface area contributed by atoms with Gasteiger partial charge in [0.05, 0.1) is 13.0 Å². The van der Waals surface area contributed by atoms with Crippen LogP contribution < -0.4 is 0 Å². The fourth-order valence-electron chi connectivity index (χ4n) is 1.16. The number of allylic oxidation sites excluding steroid dienone is 4. The van der Waals surface area contributed by atoms with Gasteiger partial charge in [-0.1, -0.05) is 30.9 Å². The first kappa shape index (κ1) is 16.3. The Hall–Kier alpha value is -1.68. The van der Waals surface area contributed by atoms with Crippen LogP contribution >= 0.6 is 0 Å². The van der Waals surface area contributed by atoms with Crippen molar-refractivity contribution in [3.05, 3.63) is 36.5 Å². The van der Waals surface area contributed by atoms with Crippen LogP contribution in [0.1, 0.15) is 26.2 Å². The van der Waals surface area contributed by atoms with Gasteiger partial charge in [-0.3, -0.25) is 9.59 Å². The van der Waals surface area contributed by atoms with E-state index in [-0.39, 0.29) is 24.8 Å². The van der Waals surface area contributed by atoms with Gasteiger partial charge in [-0.25, -0.2) is 0 Å². The first-order chi connectivity index (χ1) is 8.61. The molecule has 0 fully saturated rings. The largest absolute Gasteiger partial charge is 0.465 e. The van der Waals surface area contributed by atoms with Crippen LogP contribution in [0.3, 0.4) is 0 Å². The van der Waals surface area contributed by atoms with Gasteiger partial charge in [-0.15, -0.1) is 0 Å². The average molecular weight is 252 g/mol. The summed E-state index contributed by atoms with van der Waals surface area (Å²) in [5, 5.41) is 8.54. The second kappa shape index (κ2) is 10.5. The zero-order chi connectivity index (χ0) is 13.8. The average Bonchev–Trinajstić information content (AvgIpc) is 2.33. The lowest BCUT2D eigenvalue weighted by Crippen LogP contribution is -2.05. The molecule has 1 N–H and O–H groups in total. The summed E-state index contributed by atoms with van der Waals surface area (Å²) in [6.07, 6.45) is 7.69. The third-order valence-corrected chi connectivity index (χ3v) is 2.10. The lowest BCUT2D eigenvalue weighted by atomic mass is 10.1. The zero-order valence-electron chi connectivity index (χ0n) is 10.7. The maximum Gasteiger partial charge on any atom is 0.309 e. The molecule has 0 aromatic carbocycles. The highest BCUT2D eigenvalue weighted by Gasteiger charge is 2.01. The van der Waals surface area contributed by atoms with Crippen molar-refractivity contribution in [3.63, 3.8) is 0 Å². The first-order valence-electron chi connectivity index (χ1n) is 5.88. The quantitative estimate of drug-likeness (QED) is 0.295. The molecular formula is C14H20O4. The van der Waals surface area contributed by atoms with Gasteiger partial charge < -0.3 is 9.84 Å². The number of hydrogen-bond acceptors (Lipinski definition) is 4. The predicted octanol–water partition coefficient (Wildman–Crippen LogP) is 1.95. The Morgan fingerprint density at radius 2 is 2.06 bits per heavy atom. The van der Waals surface area contributed by atoms with E-state index in [1.165, 1.54) is 13.0 Å². The minimum absolute atomic E-state index is 0.0811. The second-order valence-electron chi connectivity index (χ2n) is 3.67. The van der Waals surface area contributed by atoms with Crippen molar-refractivity contribution < 1.29 is 19.4 Å². The Morgan fingerprint density at radius 1 is 1.33 bits per heavy atom. The molecule has 0 aliphatic rings. The predicted molar refractivity (Wildman–Crippen MR) is 70.0 cm³/mol. The number of rotatable bonds is 9. The van der Waals surface area contributed by atoms with Gasteiger partial charge in [0.1, 0.15) is 0 Å². The molecule has 0 bridgehead atoms. The summed E-state index contributed by atoms with van der Waals surface area (Å²) in [4.78, 5) is 22.4. The summed E-state index contributed by atoms with van der Waals surface area (Å²) in [6, 6.07) is 0. The van der Waals surface area contributed by atoms with Gasteiger partial charge >= 0.3 is 5.97 Å². The van der Waals surface area contributed by atoms with Gasteiger partial charge in [0, 0.05) is 12.2 Å². The molecule has 0 rings (SSSR count). The van der Waals surface area contributed by atoms with Crippen molar-refractivity contribution in [1.82, 2.24) is 0 Å². The van der Waals surface area contributed by atoms with E-state index in [9.17, 15) is 9.59 Å². The summed E-state index contributed by atoms with van der Waals surface area (Å²) in [5.74, 6) is -0.423. The van der Waals surface area contributed by atoms with Crippen LogP contribution in [0, 0.1) is 0 Å². The van der Waals surface area contributed by atoms with Gasteiger partial charge in [0.15, 0.2) is 5.78 Å². The van der Waals surface area contributed by atoms with Gasteiger partial charge in [0.25, 0.3) is 0 Å². The van der Waals surface area contributed by atoms with Crippen LogP contribution in [0.4, 0.5) is 0 Å². The molecule has 0 amide bonds. The number of ether oxygens (including phenoxy) is 1. The number of esters is 1. The third kappa shape index (κ3) is 8.47. The molecule has 0 spiro atoms. The molecule has 18 heavy (non-hydrogen) atoms. The minimum Gasteiger partial charge on any atom is -0.465 e. The lowest BCUT2D eigenvalue weighted by Gasteiger charge is -2.01. The van der Waals surface area contributed by atoms with E-state index in [4.69, 9.17) is 9.84 Å². The highest BCUT2D eigenvalue weighted by atomic mass is 16.5. The van der Waals surface area contributed by atoms with Crippen molar-refractivity contribution in [3.8, 4) is 0 Å². The molecule has 0 radical (unpaired) electrons. The molecule has 0 aliphatic heterocycles. The van der Waals surface area contributed by atoms with E-state index in [0.717, 1.165) is 0 Å². The first-order valence-corrected chi connectivity index (χ1v) is 5.88. The molecule has 0 unspecified atom stereocenters. The highest BCUT2D eigenvalue weighted by molar-refractivity contribution is 5.96. The number of carbonyl (C=O) groups excluding carboxylic acids is 2. The van der Waals surface area contributed by atoms with Crippen LogP contribution in [0.25, 0.3) is 0 Å². The molecular weight excluding hydrogens is 232 g/mol. The fourth-order valence-corrected chi connectivity index (χ4v) is 1.16. The van der Waals surface area contributed by atoms with Crippen molar-refractivity contribution >= 4 is 11.8 Å². The number of ketones is 1. The van der Waals surface area contributed by atoms with Crippen LogP contribution in [0.15, 0.2) is 36.5 Å². The van der Waals surface area contributed by atoms with Gasteiger partial charge in [-0.05, 0) is 19.8 Å².